The van der Waals surface area contributed by atoms with Gasteiger partial charge in [-0.2, -0.15) is 0 Å². The Morgan fingerprint density at radius 2 is 2.00 bits per heavy atom. The highest BCUT2D eigenvalue weighted by Gasteiger charge is 2.57. The zero-order valence-electron chi connectivity index (χ0n) is 12.0. The van der Waals surface area contributed by atoms with Crippen molar-refractivity contribution in [3.05, 3.63) is 25.0 Å². The summed E-state index contributed by atoms with van der Waals surface area (Å²) in [6, 6.07) is 0. The van der Waals surface area contributed by atoms with Crippen molar-refractivity contribution in [2.75, 3.05) is 6.61 Å². The van der Waals surface area contributed by atoms with Gasteiger partial charge in [-0.1, -0.05) is 0 Å². The molecule has 2 N–H and O–H groups in total. The van der Waals surface area contributed by atoms with Crippen molar-refractivity contribution >= 4 is 24.6 Å². The van der Waals surface area contributed by atoms with Crippen LogP contribution in [0.4, 0.5) is 0 Å². The number of aromatic nitrogens is 5. The molecule has 11 nitrogen and oxygen atoms in total. The number of rotatable bonds is 2. The molecule has 2 fully saturated rings. The van der Waals surface area contributed by atoms with Crippen LogP contribution in [0.1, 0.15) is 6.23 Å². The minimum Gasteiger partial charge on any atom is -0.394 e. The van der Waals surface area contributed by atoms with Gasteiger partial charge < -0.3 is 14.7 Å². The quantitative estimate of drug-likeness (QED) is 0.603. The number of nitrogens with zero attached hydrogens (tertiary/aromatic N) is 5. The summed E-state index contributed by atoms with van der Waals surface area (Å²) in [5, 5.41) is 9.44. The van der Waals surface area contributed by atoms with Crippen LogP contribution in [0.25, 0.3) is 16.8 Å². The Labute approximate surface area is 134 Å². The minimum atomic E-state index is -4.16. The van der Waals surface area contributed by atoms with Crippen molar-refractivity contribution in [3.63, 3.8) is 0 Å². The maximum atomic E-state index is 11.7. The number of fused-ring (bicyclic) bond motifs is 4. The molecular weight excluding hydrogens is 341 g/mol. The number of hydrogen-bond donors (Lipinski definition) is 2. The lowest BCUT2D eigenvalue weighted by molar-refractivity contribution is -0.0589. The van der Waals surface area contributed by atoms with E-state index in [4.69, 9.17) is 13.8 Å². The van der Waals surface area contributed by atoms with Gasteiger partial charge in [0.05, 0.1) is 12.9 Å². The summed E-state index contributed by atoms with van der Waals surface area (Å²) in [4.78, 5) is 22.5. The van der Waals surface area contributed by atoms with E-state index in [1.807, 2.05) is 0 Å². The summed E-state index contributed by atoms with van der Waals surface area (Å²) >= 11 is 0. The third-order valence-corrected chi connectivity index (χ3v) is 5.22. The van der Waals surface area contributed by atoms with Crippen LogP contribution in [-0.4, -0.2) is 58.8 Å². The minimum absolute atomic E-state index is 0.369. The molecule has 2 saturated heterocycles. The maximum Gasteiger partial charge on any atom is 0.473 e. The fourth-order valence-electron chi connectivity index (χ4n) is 3.18. The third kappa shape index (κ3) is 1.91. The fourth-order valence-corrected chi connectivity index (χ4v) is 4.33. The monoisotopic (exact) mass is 353 g/mol. The summed E-state index contributed by atoms with van der Waals surface area (Å²) in [5.41, 5.74) is 1.67. The van der Waals surface area contributed by atoms with Gasteiger partial charge in [-0.05, 0) is 0 Å². The second-order valence-electron chi connectivity index (χ2n) is 5.58. The van der Waals surface area contributed by atoms with Crippen molar-refractivity contribution in [2.45, 2.75) is 24.5 Å². The van der Waals surface area contributed by atoms with Crippen molar-refractivity contribution in [2.24, 2.45) is 0 Å². The van der Waals surface area contributed by atoms with Crippen LogP contribution in [0.2, 0.25) is 0 Å². The standard InChI is InChI=1S/C12H12N5O6P/c18-3-6-8-9(23-24(19,20)22-8)12(21-6)17-5-14-7-10-13-1-2-16(10)4-15-11(7)17/h1-2,4-6,8-9,12,18H,3H2,(H,19,20)/t6-,8+,9-,12-/m0/s1. The average Bonchev–Trinajstić information content (AvgIpc) is 3.26. The van der Waals surface area contributed by atoms with Crippen molar-refractivity contribution in [3.8, 4) is 0 Å². The van der Waals surface area contributed by atoms with E-state index in [1.54, 1.807) is 27.7 Å². The first kappa shape index (κ1) is 14.5. The smallest absolute Gasteiger partial charge is 0.394 e. The molecule has 2 aliphatic rings. The van der Waals surface area contributed by atoms with Crippen LogP contribution >= 0.6 is 7.82 Å². The topological polar surface area (TPSA) is 133 Å². The zero-order chi connectivity index (χ0) is 16.5. The summed E-state index contributed by atoms with van der Waals surface area (Å²) in [7, 11) is -4.16. The summed E-state index contributed by atoms with van der Waals surface area (Å²) in [6.45, 7) is -0.369. The van der Waals surface area contributed by atoms with Gasteiger partial charge >= 0.3 is 7.82 Å². The predicted octanol–water partition coefficient (Wildman–Crippen LogP) is -0.147. The average molecular weight is 353 g/mol. The normalized spacial score (nSPS) is 35.9. The number of imidazole rings is 2. The van der Waals surface area contributed by atoms with Crippen LogP contribution in [0.5, 0.6) is 0 Å². The van der Waals surface area contributed by atoms with E-state index in [2.05, 4.69) is 15.0 Å². The van der Waals surface area contributed by atoms with Crippen molar-refractivity contribution in [1.82, 2.24) is 23.9 Å². The van der Waals surface area contributed by atoms with E-state index in [-0.39, 0.29) is 6.61 Å². The molecule has 2 aliphatic heterocycles. The van der Waals surface area contributed by atoms with Gasteiger partial charge in [-0.15, -0.1) is 0 Å². The second kappa shape index (κ2) is 4.82. The first-order chi connectivity index (χ1) is 11.6. The summed E-state index contributed by atoms with van der Waals surface area (Å²) in [6.07, 6.45) is 3.19. The Kier molecular flexibility index (Phi) is 2.90. The molecule has 0 amide bonds. The number of phosphoric ester groups is 1. The Morgan fingerprint density at radius 3 is 2.83 bits per heavy atom. The first-order valence-corrected chi connectivity index (χ1v) is 8.67. The van der Waals surface area contributed by atoms with Crippen LogP contribution < -0.4 is 0 Å². The van der Waals surface area contributed by atoms with E-state index in [9.17, 15) is 14.6 Å². The maximum absolute atomic E-state index is 11.7. The molecule has 126 valence electrons. The zero-order valence-corrected chi connectivity index (χ0v) is 12.9. The van der Waals surface area contributed by atoms with Crippen LogP contribution in [0.3, 0.4) is 0 Å². The molecule has 0 aromatic carbocycles. The van der Waals surface area contributed by atoms with E-state index < -0.39 is 32.4 Å². The Hall–Kier alpha value is -1.88. The van der Waals surface area contributed by atoms with Crippen molar-refractivity contribution < 1.29 is 28.3 Å². The number of phosphoric acid groups is 1. The van der Waals surface area contributed by atoms with Crippen LogP contribution in [0.15, 0.2) is 25.0 Å². The molecule has 0 radical (unpaired) electrons. The fraction of sp³-hybridized carbons (Fsp3) is 0.417. The van der Waals surface area contributed by atoms with E-state index in [0.717, 1.165) is 0 Å². The van der Waals surface area contributed by atoms with Gasteiger partial charge in [0, 0.05) is 12.4 Å². The van der Waals surface area contributed by atoms with E-state index >= 15 is 0 Å². The predicted molar refractivity (Wildman–Crippen MR) is 76.8 cm³/mol. The van der Waals surface area contributed by atoms with Gasteiger partial charge in [-0.3, -0.25) is 18.0 Å². The Morgan fingerprint density at radius 1 is 1.17 bits per heavy atom. The number of ether oxygens (including phenoxy) is 1. The first-order valence-electron chi connectivity index (χ1n) is 7.17. The molecule has 5 heterocycles. The Bertz CT molecular complexity index is 987. The van der Waals surface area contributed by atoms with Gasteiger partial charge in [0.1, 0.15) is 24.6 Å². The molecule has 24 heavy (non-hydrogen) atoms. The highest BCUT2D eigenvalue weighted by atomic mass is 31.2. The molecule has 12 heteroatoms. The molecule has 0 saturated carbocycles. The van der Waals surface area contributed by atoms with Gasteiger partial charge in [0.25, 0.3) is 0 Å². The van der Waals surface area contributed by atoms with E-state index in [0.29, 0.717) is 16.8 Å². The molecular formula is C12H12N5O6P. The molecule has 0 bridgehead atoms. The molecule has 5 atom stereocenters. The molecule has 0 aliphatic carbocycles. The number of aliphatic hydroxyl groups is 1. The lowest BCUT2D eigenvalue weighted by atomic mass is 10.1. The highest BCUT2D eigenvalue weighted by molar-refractivity contribution is 7.47. The molecule has 3 aromatic rings. The molecule has 3 aromatic heterocycles. The molecule has 1 unspecified atom stereocenters. The summed E-state index contributed by atoms with van der Waals surface area (Å²) < 4.78 is 30.9. The largest absolute Gasteiger partial charge is 0.473 e. The number of aliphatic hydroxyl groups excluding tert-OH is 1. The molecule has 0 spiro atoms. The lowest BCUT2D eigenvalue weighted by Crippen LogP contribution is -2.30. The third-order valence-electron chi connectivity index (χ3n) is 4.20. The second-order valence-corrected chi connectivity index (χ2v) is 6.94. The SMILES string of the molecule is O=P1(O)O[C@H]2[C@H](O1)[C@@H](n1cnc3c1ncn1ccnc31)O[C@H]2CO. The van der Waals surface area contributed by atoms with Gasteiger partial charge in [0.2, 0.25) is 0 Å². The van der Waals surface area contributed by atoms with Gasteiger partial charge in [0.15, 0.2) is 23.0 Å². The number of hydrogen-bond acceptors (Lipinski definition) is 8. The summed E-state index contributed by atoms with van der Waals surface area (Å²) in [5.74, 6) is 0. The van der Waals surface area contributed by atoms with E-state index in [1.165, 1.54) is 6.33 Å². The Balaban J connectivity index is 1.63. The van der Waals surface area contributed by atoms with Crippen molar-refractivity contribution in [1.29, 1.82) is 0 Å². The highest BCUT2D eigenvalue weighted by Crippen LogP contribution is 2.58. The lowest BCUT2D eigenvalue weighted by Gasteiger charge is -2.18. The molecule has 5 rings (SSSR count). The van der Waals surface area contributed by atoms with Crippen LogP contribution in [-0.2, 0) is 18.3 Å². The van der Waals surface area contributed by atoms with Crippen LogP contribution in [0, 0.1) is 0 Å². The van der Waals surface area contributed by atoms with Gasteiger partial charge in [-0.25, -0.2) is 19.5 Å².